The Kier molecular flexibility index (Phi) is 2.68. The number of oxazole rings is 1. The van der Waals surface area contributed by atoms with Crippen molar-refractivity contribution in [1.29, 1.82) is 0 Å². The predicted molar refractivity (Wildman–Crippen MR) is 71.1 cm³/mol. The van der Waals surface area contributed by atoms with Crippen molar-refractivity contribution in [2.24, 2.45) is 0 Å². The van der Waals surface area contributed by atoms with Crippen LogP contribution in [-0.4, -0.2) is 9.91 Å². The molecule has 0 aliphatic carbocycles. The van der Waals surface area contributed by atoms with Crippen LogP contribution in [0.25, 0.3) is 22.6 Å². The van der Waals surface area contributed by atoms with E-state index in [9.17, 15) is 10.1 Å². The highest BCUT2D eigenvalue weighted by atomic mass is 35.5. The summed E-state index contributed by atoms with van der Waals surface area (Å²) in [5, 5.41) is 11.3. The highest BCUT2D eigenvalue weighted by Gasteiger charge is 2.20. The molecule has 0 atom stereocenters. The molecule has 3 aromatic rings. The lowest BCUT2D eigenvalue weighted by Crippen LogP contribution is -1.92. The maximum absolute atomic E-state index is 11.0. The summed E-state index contributed by atoms with van der Waals surface area (Å²) in [5.41, 5.74) is 1.42. The predicted octanol–water partition coefficient (Wildman–Crippen LogP) is 4.06. The number of benzene rings is 2. The van der Waals surface area contributed by atoms with E-state index in [-0.39, 0.29) is 11.6 Å². The smallest absolute Gasteiger partial charge is 0.283 e. The maximum atomic E-state index is 11.0. The first-order valence-corrected chi connectivity index (χ1v) is 5.83. The molecule has 0 amide bonds. The molecule has 0 radical (unpaired) electrons. The minimum absolute atomic E-state index is 0.126. The van der Waals surface area contributed by atoms with E-state index in [1.165, 1.54) is 12.1 Å². The van der Waals surface area contributed by atoms with E-state index in [2.05, 4.69) is 4.98 Å². The van der Waals surface area contributed by atoms with E-state index < -0.39 is 4.92 Å². The fourth-order valence-corrected chi connectivity index (χ4v) is 1.99. The van der Waals surface area contributed by atoms with Crippen LogP contribution in [0, 0.1) is 10.1 Å². The van der Waals surface area contributed by atoms with E-state index in [0.717, 1.165) is 0 Å². The van der Waals surface area contributed by atoms with Crippen molar-refractivity contribution in [3.63, 3.8) is 0 Å². The van der Waals surface area contributed by atoms with Crippen LogP contribution in [0.1, 0.15) is 0 Å². The molecule has 2 aromatic carbocycles. The summed E-state index contributed by atoms with van der Waals surface area (Å²) in [6, 6.07) is 11.6. The van der Waals surface area contributed by atoms with Crippen LogP contribution in [0.3, 0.4) is 0 Å². The third-order valence-electron chi connectivity index (χ3n) is 2.68. The average Bonchev–Trinajstić information content (AvgIpc) is 2.82. The number of nitro benzene ring substituents is 1. The maximum Gasteiger partial charge on any atom is 0.283 e. The van der Waals surface area contributed by atoms with Crippen LogP contribution < -0.4 is 0 Å². The lowest BCUT2D eigenvalue weighted by atomic mass is 10.2. The quantitative estimate of drug-likeness (QED) is 0.522. The number of hydrogen-bond acceptors (Lipinski definition) is 4. The van der Waals surface area contributed by atoms with Gasteiger partial charge in [-0.1, -0.05) is 23.7 Å². The molecular weight excluding hydrogens is 268 g/mol. The van der Waals surface area contributed by atoms with Crippen LogP contribution in [-0.2, 0) is 0 Å². The topological polar surface area (TPSA) is 69.2 Å². The Hall–Kier alpha value is -2.40. The number of para-hydroxylation sites is 2. The molecule has 1 heterocycles. The molecule has 0 spiro atoms. The summed E-state index contributed by atoms with van der Waals surface area (Å²) in [6.07, 6.45) is 0. The molecule has 0 bridgehead atoms. The van der Waals surface area contributed by atoms with Gasteiger partial charge in [-0.25, -0.2) is 4.98 Å². The molecule has 1 aromatic heterocycles. The van der Waals surface area contributed by atoms with Crippen molar-refractivity contribution in [1.82, 2.24) is 4.98 Å². The van der Waals surface area contributed by atoms with Crippen molar-refractivity contribution < 1.29 is 9.34 Å². The zero-order chi connectivity index (χ0) is 13.4. The zero-order valence-corrected chi connectivity index (χ0v) is 10.3. The van der Waals surface area contributed by atoms with Gasteiger partial charge in [0.1, 0.15) is 11.1 Å². The molecule has 0 saturated carbocycles. The van der Waals surface area contributed by atoms with Crippen LogP contribution in [0.15, 0.2) is 46.9 Å². The minimum atomic E-state index is -0.504. The lowest BCUT2D eigenvalue weighted by Gasteiger charge is -1.98. The van der Waals surface area contributed by atoms with E-state index in [4.69, 9.17) is 16.0 Å². The second-order valence-electron chi connectivity index (χ2n) is 3.91. The standard InChI is InChI=1S/C13H7ClN2O3/c14-8-5-6-9(11(7-8)16(17)18)13-15-10-3-1-2-4-12(10)19-13/h1-7H. The summed E-state index contributed by atoms with van der Waals surface area (Å²) in [5.74, 6) is 0.213. The monoisotopic (exact) mass is 274 g/mol. The summed E-state index contributed by atoms with van der Waals surface area (Å²) >= 11 is 5.77. The third kappa shape index (κ3) is 2.04. The fourth-order valence-electron chi connectivity index (χ4n) is 1.82. The molecule has 0 N–H and O–H groups in total. The van der Waals surface area contributed by atoms with Gasteiger partial charge in [-0.3, -0.25) is 10.1 Å². The van der Waals surface area contributed by atoms with Crippen LogP contribution in [0.2, 0.25) is 5.02 Å². The fraction of sp³-hybridized carbons (Fsp3) is 0. The van der Waals surface area contributed by atoms with E-state index in [0.29, 0.717) is 21.7 Å². The Bertz CT molecular complexity index is 749. The first kappa shape index (κ1) is 11.7. The molecule has 0 fully saturated rings. The van der Waals surface area contributed by atoms with E-state index in [1.807, 2.05) is 12.1 Å². The molecule has 94 valence electrons. The Morgan fingerprint density at radius 1 is 1.21 bits per heavy atom. The third-order valence-corrected chi connectivity index (χ3v) is 2.92. The normalized spacial score (nSPS) is 10.8. The van der Waals surface area contributed by atoms with Crippen molar-refractivity contribution >= 4 is 28.4 Å². The Morgan fingerprint density at radius 3 is 2.74 bits per heavy atom. The van der Waals surface area contributed by atoms with Gasteiger partial charge in [-0.05, 0) is 24.3 Å². The molecule has 0 saturated heterocycles. The zero-order valence-electron chi connectivity index (χ0n) is 9.54. The number of aromatic nitrogens is 1. The number of halogens is 1. The van der Waals surface area contributed by atoms with Crippen LogP contribution >= 0.6 is 11.6 Å². The Labute approximate surface area is 112 Å². The summed E-state index contributed by atoms with van der Waals surface area (Å²) in [7, 11) is 0. The molecule has 19 heavy (non-hydrogen) atoms. The summed E-state index contributed by atoms with van der Waals surface area (Å²) < 4.78 is 5.53. The van der Waals surface area contributed by atoms with Gasteiger partial charge in [-0.15, -0.1) is 0 Å². The molecular formula is C13H7ClN2O3. The van der Waals surface area contributed by atoms with E-state index >= 15 is 0 Å². The first-order chi connectivity index (χ1) is 9.15. The SMILES string of the molecule is O=[N+]([O-])c1cc(Cl)ccc1-c1nc2ccccc2o1. The van der Waals surface area contributed by atoms with Gasteiger partial charge in [0.15, 0.2) is 5.58 Å². The summed E-state index contributed by atoms with van der Waals surface area (Å²) in [6.45, 7) is 0. The first-order valence-electron chi connectivity index (χ1n) is 5.45. The number of rotatable bonds is 2. The van der Waals surface area contributed by atoms with Gasteiger partial charge >= 0.3 is 0 Å². The van der Waals surface area contributed by atoms with Gasteiger partial charge in [0.05, 0.1) is 4.92 Å². The van der Waals surface area contributed by atoms with Crippen LogP contribution in [0.4, 0.5) is 5.69 Å². The Balaban J connectivity index is 2.23. The van der Waals surface area contributed by atoms with Crippen molar-refractivity contribution in [2.75, 3.05) is 0 Å². The van der Waals surface area contributed by atoms with Gasteiger partial charge < -0.3 is 4.42 Å². The number of fused-ring (bicyclic) bond motifs is 1. The largest absolute Gasteiger partial charge is 0.436 e. The molecule has 0 unspecified atom stereocenters. The second-order valence-corrected chi connectivity index (χ2v) is 4.34. The molecule has 0 aliphatic heterocycles. The van der Waals surface area contributed by atoms with Crippen molar-refractivity contribution in [3.8, 4) is 11.5 Å². The molecule has 5 nitrogen and oxygen atoms in total. The number of hydrogen-bond donors (Lipinski definition) is 0. The highest BCUT2D eigenvalue weighted by Crippen LogP contribution is 2.33. The van der Waals surface area contributed by atoms with Crippen molar-refractivity contribution in [3.05, 3.63) is 57.6 Å². The van der Waals surface area contributed by atoms with Gasteiger partial charge in [-0.2, -0.15) is 0 Å². The van der Waals surface area contributed by atoms with Gasteiger partial charge in [0.2, 0.25) is 5.89 Å². The second kappa shape index (κ2) is 4.37. The highest BCUT2D eigenvalue weighted by molar-refractivity contribution is 6.30. The van der Waals surface area contributed by atoms with Crippen LogP contribution in [0.5, 0.6) is 0 Å². The van der Waals surface area contributed by atoms with E-state index in [1.54, 1.807) is 18.2 Å². The lowest BCUT2D eigenvalue weighted by molar-refractivity contribution is -0.384. The molecule has 0 aliphatic rings. The van der Waals surface area contributed by atoms with Gasteiger partial charge in [0, 0.05) is 11.1 Å². The number of nitrogens with zero attached hydrogens (tertiary/aromatic N) is 2. The Morgan fingerprint density at radius 2 is 2.00 bits per heavy atom. The minimum Gasteiger partial charge on any atom is -0.436 e. The van der Waals surface area contributed by atoms with Gasteiger partial charge in [0.25, 0.3) is 5.69 Å². The number of nitro groups is 1. The average molecular weight is 275 g/mol. The molecule has 3 rings (SSSR count). The van der Waals surface area contributed by atoms with Crippen molar-refractivity contribution in [2.45, 2.75) is 0 Å². The summed E-state index contributed by atoms with van der Waals surface area (Å²) in [4.78, 5) is 14.8. The molecule has 6 heteroatoms.